The van der Waals surface area contributed by atoms with E-state index in [9.17, 15) is 9.90 Å². The Labute approximate surface area is 97.6 Å². The van der Waals surface area contributed by atoms with Crippen molar-refractivity contribution in [1.82, 2.24) is 4.90 Å². The maximum Gasteiger partial charge on any atom is 0.410 e. The van der Waals surface area contributed by atoms with Crippen molar-refractivity contribution in [3.8, 4) is 0 Å². The van der Waals surface area contributed by atoms with E-state index >= 15 is 0 Å². The van der Waals surface area contributed by atoms with E-state index < -0.39 is 11.7 Å². The number of rotatable bonds is 2. The van der Waals surface area contributed by atoms with Crippen LogP contribution in [0.3, 0.4) is 0 Å². The molecule has 0 radical (unpaired) electrons. The number of hydrogen-bond acceptors (Lipinski definition) is 3. The van der Waals surface area contributed by atoms with Gasteiger partial charge in [0.05, 0.1) is 12.1 Å². The van der Waals surface area contributed by atoms with Crippen LogP contribution in [-0.2, 0) is 4.74 Å². The second-order valence-electron chi connectivity index (χ2n) is 5.33. The Balaban J connectivity index is 2.63. The molecule has 1 saturated carbocycles. The molecule has 0 aliphatic heterocycles. The van der Waals surface area contributed by atoms with Crippen LogP contribution in [0, 0.1) is 0 Å². The summed E-state index contributed by atoms with van der Waals surface area (Å²) in [6.45, 7) is 8.04. The summed E-state index contributed by atoms with van der Waals surface area (Å²) in [4.78, 5) is 13.6. The Bertz CT molecular complexity index is 247. The standard InChI is InChI=1S/C12H23NO3/c1-5-13(9-7-6-8-10(9)14)11(15)16-12(2,3)4/h9-10,14H,5-8H2,1-4H3/t9-,10-/m1/s1. The molecule has 1 aliphatic rings. The molecule has 0 aromatic rings. The summed E-state index contributed by atoms with van der Waals surface area (Å²) in [6, 6.07) is -0.0696. The van der Waals surface area contributed by atoms with Gasteiger partial charge in [0, 0.05) is 6.54 Å². The zero-order valence-electron chi connectivity index (χ0n) is 10.7. The van der Waals surface area contributed by atoms with Gasteiger partial charge in [-0.15, -0.1) is 0 Å². The predicted molar refractivity (Wildman–Crippen MR) is 62.3 cm³/mol. The minimum absolute atomic E-state index is 0.0696. The third kappa shape index (κ3) is 3.37. The van der Waals surface area contributed by atoms with Crippen LogP contribution in [0.2, 0.25) is 0 Å². The lowest BCUT2D eigenvalue weighted by Gasteiger charge is -2.32. The summed E-state index contributed by atoms with van der Waals surface area (Å²) >= 11 is 0. The van der Waals surface area contributed by atoms with E-state index in [-0.39, 0.29) is 12.1 Å². The van der Waals surface area contributed by atoms with Crippen LogP contribution < -0.4 is 0 Å². The topological polar surface area (TPSA) is 49.8 Å². The molecule has 0 spiro atoms. The van der Waals surface area contributed by atoms with Gasteiger partial charge in [0.25, 0.3) is 0 Å². The molecule has 0 aromatic heterocycles. The number of amides is 1. The van der Waals surface area contributed by atoms with Crippen molar-refractivity contribution in [2.45, 2.75) is 64.7 Å². The maximum absolute atomic E-state index is 11.9. The van der Waals surface area contributed by atoms with Gasteiger partial charge < -0.3 is 14.7 Å². The van der Waals surface area contributed by atoms with Crippen molar-refractivity contribution >= 4 is 6.09 Å². The third-order valence-corrected chi connectivity index (χ3v) is 2.81. The SMILES string of the molecule is CCN(C(=O)OC(C)(C)C)[C@@H]1CCC[C@H]1O. The molecule has 1 rings (SSSR count). The first kappa shape index (κ1) is 13.3. The first-order chi connectivity index (χ1) is 7.35. The number of likely N-dealkylation sites (N-methyl/N-ethyl adjacent to an activating group) is 1. The first-order valence-corrected chi connectivity index (χ1v) is 6.03. The second-order valence-corrected chi connectivity index (χ2v) is 5.33. The van der Waals surface area contributed by atoms with Gasteiger partial charge in [0.15, 0.2) is 0 Å². The van der Waals surface area contributed by atoms with Crippen molar-refractivity contribution < 1.29 is 14.6 Å². The Kier molecular flexibility index (Phi) is 4.19. The van der Waals surface area contributed by atoms with Crippen LogP contribution in [0.15, 0.2) is 0 Å². The van der Waals surface area contributed by atoms with Crippen LogP contribution in [0.5, 0.6) is 0 Å². The highest BCUT2D eigenvalue weighted by Crippen LogP contribution is 2.25. The number of carbonyl (C=O) groups excluding carboxylic acids is 1. The average Bonchev–Trinajstić information content (AvgIpc) is 2.50. The normalized spacial score (nSPS) is 25.6. The number of hydrogen-bond donors (Lipinski definition) is 1. The number of aliphatic hydroxyl groups excluding tert-OH is 1. The quantitative estimate of drug-likeness (QED) is 0.789. The number of aliphatic hydroxyl groups is 1. The Morgan fingerprint density at radius 3 is 2.44 bits per heavy atom. The van der Waals surface area contributed by atoms with Gasteiger partial charge in [-0.3, -0.25) is 0 Å². The van der Waals surface area contributed by atoms with Crippen molar-refractivity contribution in [2.75, 3.05) is 6.54 Å². The highest BCUT2D eigenvalue weighted by Gasteiger charge is 2.34. The van der Waals surface area contributed by atoms with Crippen molar-refractivity contribution in [3.05, 3.63) is 0 Å². The fourth-order valence-corrected chi connectivity index (χ4v) is 2.10. The number of ether oxygens (including phenoxy) is 1. The number of carbonyl (C=O) groups is 1. The van der Waals surface area contributed by atoms with E-state index in [2.05, 4.69) is 0 Å². The molecule has 16 heavy (non-hydrogen) atoms. The van der Waals surface area contributed by atoms with Crippen LogP contribution in [0.1, 0.15) is 47.0 Å². The minimum Gasteiger partial charge on any atom is -0.444 e. The predicted octanol–water partition coefficient (Wildman–Crippen LogP) is 2.16. The summed E-state index contributed by atoms with van der Waals surface area (Å²) in [5, 5.41) is 9.79. The zero-order valence-corrected chi connectivity index (χ0v) is 10.7. The lowest BCUT2D eigenvalue weighted by atomic mass is 10.2. The monoisotopic (exact) mass is 229 g/mol. The first-order valence-electron chi connectivity index (χ1n) is 6.03. The maximum atomic E-state index is 11.9. The molecule has 0 saturated heterocycles. The second kappa shape index (κ2) is 5.04. The summed E-state index contributed by atoms with van der Waals surface area (Å²) in [5.41, 5.74) is -0.478. The van der Waals surface area contributed by atoms with Crippen LogP contribution in [0.25, 0.3) is 0 Å². The summed E-state index contributed by atoms with van der Waals surface area (Å²) in [6.07, 6.45) is 1.91. The smallest absolute Gasteiger partial charge is 0.410 e. The van der Waals surface area contributed by atoms with E-state index in [1.807, 2.05) is 27.7 Å². The molecule has 0 heterocycles. The van der Waals surface area contributed by atoms with Crippen LogP contribution in [-0.4, -0.2) is 40.4 Å². The van der Waals surface area contributed by atoms with Crippen molar-refractivity contribution in [3.63, 3.8) is 0 Å². The van der Waals surface area contributed by atoms with Crippen LogP contribution in [0.4, 0.5) is 4.79 Å². The summed E-state index contributed by atoms with van der Waals surface area (Å²) in [5.74, 6) is 0. The molecular weight excluding hydrogens is 206 g/mol. The van der Waals surface area contributed by atoms with Gasteiger partial charge in [0.2, 0.25) is 0 Å². The highest BCUT2D eigenvalue weighted by molar-refractivity contribution is 5.68. The summed E-state index contributed by atoms with van der Waals surface area (Å²) in [7, 11) is 0. The van der Waals surface area contributed by atoms with E-state index in [0.29, 0.717) is 6.54 Å². The lowest BCUT2D eigenvalue weighted by molar-refractivity contribution is 0.00223. The molecule has 1 aliphatic carbocycles. The van der Waals surface area contributed by atoms with E-state index in [1.54, 1.807) is 4.90 Å². The molecule has 1 N–H and O–H groups in total. The average molecular weight is 229 g/mol. The van der Waals surface area contributed by atoms with Crippen molar-refractivity contribution in [1.29, 1.82) is 0 Å². The van der Waals surface area contributed by atoms with Gasteiger partial charge in [-0.25, -0.2) is 4.79 Å². The van der Waals surface area contributed by atoms with Gasteiger partial charge in [-0.05, 0) is 47.0 Å². The Hall–Kier alpha value is -0.770. The minimum atomic E-state index is -0.478. The van der Waals surface area contributed by atoms with E-state index in [4.69, 9.17) is 4.74 Å². The van der Waals surface area contributed by atoms with Gasteiger partial charge in [0.1, 0.15) is 5.60 Å². The molecule has 1 amide bonds. The van der Waals surface area contributed by atoms with Crippen LogP contribution >= 0.6 is 0 Å². The molecule has 0 aromatic carbocycles. The van der Waals surface area contributed by atoms with Crippen molar-refractivity contribution in [2.24, 2.45) is 0 Å². The molecule has 94 valence electrons. The van der Waals surface area contributed by atoms with Gasteiger partial charge >= 0.3 is 6.09 Å². The summed E-state index contributed by atoms with van der Waals surface area (Å²) < 4.78 is 5.33. The molecule has 0 bridgehead atoms. The largest absolute Gasteiger partial charge is 0.444 e. The molecule has 4 heteroatoms. The zero-order chi connectivity index (χ0) is 12.3. The molecule has 2 atom stereocenters. The molecule has 4 nitrogen and oxygen atoms in total. The van der Waals surface area contributed by atoms with E-state index in [1.165, 1.54) is 0 Å². The fraction of sp³-hybridized carbons (Fsp3) is 0.917. The van der Waals surface area contributed by atoms with Gasteiger partial charge in [-0.2, -0.15) is 0 Å². The van der Waals surface area contributed by atoms with E-state index in [0.717, 1.165) is 19.3 Å². The Morgan fingerprint density at radius 2 is 2.06 bits per heavy atom. The molecule has 1 fully saturated rings. The fourth-order valence-electron chi connectivity index (χ4n) is 2.10. The molecular formula is C12H23NO3. The number of nitrogens with zero attached hydrogens (tertiary/aromatic N) is 1. The Morgan fingerprint density at radius 1 is 1.44 bits per heavy atom. The lowest BCUT2D eigenvalue weighted by Crippen LogP contribution is -2.46. The highest BCUT2D eigenvalue weighted by atomic mass is 16.6. The third-order valence-electron chi connectivity index (χ3n) is 2.81. The molecule has 0 unspecified atom stereocenters. The van der Waals surface area contributed by atoms with Gasteiger partial charge in [-0.1, -0.05) is 0 Å².